The Morgan fingerprint density at radius 2 is 1.86 bits per heavy atom. The van der Waals surface area contributed by atoms with Crippen molar-refractivity contribution in [2.45, 2.75) is 46.5 Å². The molecule has 1 aliphatic heterocycles. The minimum Gasteiger partial charge on any atom is -1.00 e. The van der Waals surface area contributed by atoms with E-state index in [1.807, 2.05) is 25.9 Å². The van der Waals surface area contributed by atoms with E-state index >= 15 is 0 Å². The number of nitrogens with zero attached hydrogens (tertiary/aromatic N) is 1. The van der Waals surface area contributed by atoms with Gasteiger partial charge in [0.05, 0.1) is 18.3 Å². The van der Waals surface area contributed by atoms with Crippen molar-refractivity contribution >= 4 is 0 Å². The third-order valence-corrected chi connectivity index (χ3v) is 1.95. The van der Waals surface area contributed by atoms with Crippen molar-refractivity contribution in [2.24, 2.45) is 0 Å². The first-order valence-electron chi connectivity index (χ1n) is 4.08. The minimum absolute atomic E-state index is 0. The summed E-state index contributed by atoms with van der Waals surface area (Å²) in [7, 11) is 3.97. The lowest BCUT2D eigenvalue weighted by Gasteiger charge is -2.18. The van der Waals surface area contributed by atoms with Crippen LogP contribution in [-0.2, 0) is 4.74 Å². The summed E-state index contributed by atoms with van der Waals surface area (Å²) in [5, 5.41) is 9.46. The molecule has 1 aliphatic rings. The molecular formula is C10H25ClNO2-. The molecule has 1 fully saturated rings. The fourth-order valence-electron chi connectivity index (χ4n) is 1.46. The van der Waals surface area contributed by atoms with Gasteiger partial charge in [0.15, 0.2) is 0 Å². The van der Waals surface area contributed by atoms with Gasteiger partial charge in [0, 0.05) is 13.0 Å². The standard InChI is InChI=1S/C8H17NO2.2CH4.ClH/c1-6-4-7(10)8(11-6)5-9(2)3;;;/h6-8,10H,4-5H2,1-3H3;2*1H4;1H/p-1. The molecule has 0 bridgehead atoms. The average Bonchev–Trinajstić information content (AvgIpc) is 2.09. The average molecular weight is 227 g/mol. The molecular weight excluding hydrogens is 202 g/mol. The number of rotatable bonds is 2. The van der Waals surface area contributed by atoms with E-state index in [-0.39, 0.29) is 45.6 Å². The minimum atomic E-state index is -0.271. The summed E-state index contributed by atoms with van der Waals surface area (Å²) in [5.74, 6) is 0. The summed E-state index contributed by atoms with van der Waals surface area (Å²) >= 11 is 0. The van der Waals surface area contributed by atoms with Crippen LogP contribution in [0.4, 0.5) is 0 Å². The van der Waals surface area contributed by atoms with Gasteiger partial charge < -0.3 is 27.2 Å². The Balaban J connectivity index is -0.000000403. The predicted molar refractivity (Wildman–Crippen MR) is 57.0 cm³/mol. The third kappa shape index (κ3) is 5.81. The number of aliphatic hydroxyl groups is 1. The van der Waals surface area contributed by atoms with Crippen LogP contribution in [0.2, 0.25) is 0 Å². The highest BCUT2D eigenvalue weighted by molar-refractivity contribution is 4.81. The van der Waals surface area contributed by atoms with Gasteiger partial charge in [0.1, 0.15) is 0 Å². The molecule has 14 heavy (non-hydrogen) atoms. The van der Waals surface area contributed by atoms with Crippen LogP contribution in [0.1, 0.15) is 28.2 Å². The zero-order valence-corrected chi connectivity index (χ0v) is 8.58. The molecule has 0 aromatic carbocycles. The third-order valence-electron chi connectivity index (χ3n) is 1.95. The van der Waals surface area contributed by atoms with Crippen molar-refractivity contribution in [2.75, 3.05) is 20.6 Å². The van der Waals surface area contributed by atoms with Crippen LogP contribution >= 0.6 is 0 Å². The van der Waals surface area contributed by atoms with E-state index in [0.29, 0.717) is 0 Å². The van der Waals surface area contributed by atoms with E-state index in [4.69, 9.17) is 4.74 Å². The van der Waals surface area contributed by atoms with Gasteiger partial charge in [-0.1, -0.05) is 14.9 Å². The van der Waals surface area contributed by atoms with Crippen LogP contribution < -0.4 is 12.4 Å². The highest BCUT2D eigenvalue weighted by atomic mass is 35.5. The first kappa shape index (κ1) is 19.7. The molecule has 3 atom stereocenters. The molecule has 0 aliphatic carbocycles. The van der Waals surface area contributed by atoms with Gasteiger partial charge in [0.2, 0.25) is 0 Å². The quantitative estimate of drug-likeness (QED) is 0.614. The molecule has 1 rings (SSSR count). The van der Waals surface area contributed by atoms with E-state index in [2.05, 4.69) is 0 Å². The Bertz CT molecular complexity index is 133. The lowest BCUT2D eigenvalue weighted by Crippen LogP contribution is -3.00. The maximum absolute atomic E-state index is 9.46. The van der Waals surface area contributed by atoms with Gasteiger partial charge in [-0.3, -0.25) is 0 Å². The molecule has 1 heterocycles. The van der Waals surface area contributed by atoms with Crippen LogP contribution in [0.15, 0.2) is 0 Å². The van der Waals surface area contributed by atoms with Gasteiger partial charge in [-0.2, -0.15) is 0 Å². The van der Waals surface area contributed by atoms with Gasteiger partial charge in [-0.05, 0) is 21.0 Å². The second-order valence-electron chi connectivity index (χ2n) is 3.55. The van der Waals surface area contributed by atoms with E-state index in [1.165, 1.54) is 0 Å². The number of ether oxygens (including phenoxy) is 1. The maximum Gasteiger partial charge on any atom is 0.0964 e. The van der Waals surface area contributed by atoms with Crippen LogP contribution in [0.25, 0.3) is 0 Å². The summed E-state index contributed by atoms with van der Waals surface area (Å²) in [6.45, 7) is 2.81. The molecule has 90 valence electrons. The van der Waals surface area contributed by atoms with Crippen molar-refractivity contribution < 1.29 is 22.3 Å². The van der Waals surface area contributed by atoms with E-state index < -0.39 is 0 Å². The first-order valence-corrected chi connectivity index (χ1v) is 4.08. The fourth-order valence-corrected chi connectivity index (χ4v) is 1.46. The van der Waals surface area contributed by atoms with Crippen molar-refractivity contribution in [1.82, 2.24) is 4.90 Å². The lowest BCUT2D eigenvalue weighted by atomic mass is 10.1. The molecule has 0 saturated carbocycles. The molecule has 1 N–H and O–H groups in total. The summed E-state index contributed by atoms with van der Waals surface area (Å²) in [6, 6.07) is 0. The smallest absolute Gasteiger partial charge is 0.0964 e. The Labute approximate surface area is 94.9 Å². The molecule has 0 amide bonds. The Morgan fingerprint density at radius 1 is 1.36 bits per heavy atom. The van der Waals surface area contributed by atoms with Crippen LogP contribution in [0.3, 0.4) is 0 Å². The van der Waals surface area contributed by atoms with E-state index in [9.17, 15) is 5.11 Å². The van der Waals surface area contributed by atoms with Gasteiger partial charge in [-0.15, -0.1) is 0 Å². The predicted octanol–water partition coefficient (Wildman–Crippen LogP) is -1.64. The molecule has 1 saturated heterocycles. The zero-order valence-electron chi connectivity index (χ0n) is 7.83. The lowest BCUT2D eigenvalue weighted by molar-refractivity contribution is -0.0000179. The summed E-state index contributed by atoms with van der Waals surface area (Å²) in [6.07, 6.45) is 0.737. The molecule has 3 nitrogen and oxygen atoms in total. The first-order chi connectivity index (χ1) is 5.09. The molecule has 0 radical (unpaired) electrons. The van der Waals surface area contributed by atoms with E-state index in [1.54, 1.807) is 0 Å². The Hall–Kier alpha value is 0.170. The number of hydrogen-bond donors (Lipinski definition) is 1. The van der Waals surface area contributed by atoms with Gasteiger partial charge in [0.25, 0.3) is 0 Å². The summed E-state index contributed by atoms with van der Waals surface area (Å²) in [5.41, 5.74) is 0. The molecule has 4 heteroatoms. The number of likely N-dealkylation sites (N-methyl/N-ethyl adjacent to an activating group) is 1. The zero-order chi connectivity index (χ0) is 8.43. The van der Waals surface area contributed by atoms with Crippen molar-refractivity contribution in [3.05, 3.63) is 0 Å². The van der Waals surface area contributed by atoms with Gasteiger partial charge in [-0.25, -0.2) is 0 Å². The fraction of sp³-hybridized carbons (Fsp3) is 1.00. The maximum atomic E-state index is 9.46. The highest BCUT2D eigenvalue weighted by Crippen LogP contribution is 2.19. The van der Waals surface area contributed by atoms with Crippen LogP contribution in [-0.4, -0.2) is 49.0 Å². The molecule has 3 unspecified atom stereocenters. The van der Waals surface area contributed by atoms with Crippen molar-refractivity contribution in [1.29, 1.82) is 0 Å². The number of aliphatic hydroxyl groups excluding tert-OH is 1. The normalized spacial score (nSPS) is 30.2. The summed E-state index contributed by atoms with van der Waals surface area (Å²) in [4.78, 5) is 2.03. The highest BCUT2D eigenvalue weighted by Gasteiger charge is 2.31. The monoisotopic (exact) mass is 226 g/mol. The Morgan fingerprint density at radius 3 is 2.14 bits per heavy atom. The number of halogens is 1. The van der Waals surface area contributed by atoms with E-state index in [0.717, 1.165) is 13.0 Å². The second-order valence-corrected chi connectivity index (χ2v) is 3.55. The molecule has 0 aromatic heterocycles. The van der Waals surface area contributed by atoms with Crippen molar-refractivity contribution in [3.8, 4) is 0 Å². The largest absolute Gasteiger partial charge is 1.00 e. The molecule has 0 spiro atoms. The van der Waals surface area contributed by atoms with Gasteiger partial charge >= 0.3 is 0 Å². The SMILES string of the molecule is C.C.CC1CC(O)C(CN(C)C)O1.[Cl-]. The summed E-state index contributed by atoms with van der Waals surface area (Å²) < 4.78 is 5.49. The number of hydrogen-bond acceptors (Lipinski definition) is 3. The van der Waals surface area contributed by atoms with Crippen LogP contribution in [0.5, 0.6) is 0 Å². The van der Waals surface area contributed by atoms with Crippen molar-refractivity contribution in [3.63, 3.8) is 0 Å². The van der Waals surface area contributed by atoms with Crippen LogP contribution in [0, 0.1) is 0 Å². The Kier molecular flexibility index (Phi) is 11.9. The topological polar surface area (TPSA) is 32.7 Å². The second kappa shape index (κ2) is 8.48. The molecule has 0 aromatic rings.